The molecule has 21 heavy (non-hydrogen) atoms. The summed E-state index contributed by atoms with van der Waals surface area (Å²) in [6.45, 7) is 0.780. The van der Waals surface area contributed by atoms with E-state index in [1.165, 1.54) is 12.1 Å². The predicted octanol–water partition coefficient (Wildman–Crippen LogP) is 3.52. The minimum Gasteiger partial charge on any atom is -0.398 e. The molecule has 2 nitrogen and oxygen atoms in total. The molecule has 2 aromatic carbocycles. The summed E-state index contributed by atoms with van der Waals surface area (Å²) in [4.78, 5) is 0. The van der Waals surface area contributed by atoms with E-state index < -0.39 is 11.7 Å². The largest absolute Gasteiger partial charge is 0.416 e. The Labute approximate surface area is 120 Å². The van der Waals surface area contributed by atoms with Gasteiger partial charge in [0.05, 0.1) is 11.6 Å². The second-order valence-corrected chi connectivity index (χ2v) is 5.18. The molecular weight excluding hydrogens is 277 g/mol. The maximum atomic E-state index is 12.6. The summed E-state index contributed by atoms with van der Waals surface area (Å²) in [5.41, 5.74) is 9.00. The summed E-state index contributed by atoms with van der Waals surface area (Å²) in [6, 6.07) is 10.9. The van der Waals surface area contributed by atoms with E-state index in [9.17, 15) is 13.2 Å². The number of alkyl halides is 3. The quantitative estimate of drug-likeness (QED) is 0.789. The molecule has 0 saturated heterocycles. The van der Waals surface area contributed by atoms with Crippen LogP contribution in [0.4, 0.5) is 18.9 Å². The van der Waals surface area contributed by atoms with Crippen LogP contribution in [0, 0.1) is 0 Å². The van der Waals surface area contributed by atoms with E-state index in [2.05, 4.69) is 5.32 Å². The first kappa shape index (κ1) is 13.9. The first-order chi connectivity index (χ1) is 9.97. The molecule has 1 heterocycles. The average molecular weight is 292 g/mol. The topological polar surface area (TPSA) is 38.0 Å². The zero-order chi connectivity index (χ0) is 15.0. The molecule has 0 aromatic heterocycles. The number of anilines is 1. The van der Waals surface area contributed by atoms with Gasteiger partial charge in [0.2, 0.25) is 0 Å². The highest BCUT2D eigenvalue weighted by Gasteiger charge is 2.31. The number of hydrogen-bond donors (Lipinski definition) is 2. The molecule has 110 valence electrons. The Hall–Kier alpha value is -2.01. The first-order valence-corrected chi connectivity index (χ1v) is 6.74. The fourth-order valence-electron chi connectivity index (χ4n) is 2.81. The molecule has 0 saturated carbocycles. The standard InChI is InChI=1S/C16H15F3N2/c17-16(18,19)12-6-4-11(5-7-12)15-14-10(8-9-21-15)2-1-3-13(14)20/h1-7,15,21H,8-9,20H2. The second kappa shape index (κ2) is 5.07. The smallest absolute Gasteiger partial charge is 0.398 e. The van der Waals surface area contributed by atoms with Crippen LogP contribution in [0.2, 0.25) is 0 Å². The minimum absolute atomic E-state index is 0.155. The molecule has 2 aromatic rings. The van der Waals surface area contributed by atoms with Crippen molar-refractivity contribution in [3.05, 3.63) is 64.7 Å². The van der Waals surface area contributed by atoms with Gasteiger partial charge in [-0.05, 0) is 41.3 Å². The second-order valence-electron chi connectivity index (χ2n) is 5.18. The van der Waals surface area contributed by atoms with Gasteiger partial charge in [0.15, 0.2) is 0 Å². The zero-order valence-electron chi connectivity index (χ0n) is 11.2. The van der Waals surface area contributed by atoms with Gasteiger partial charge >= 0.3 is 6.18 Å². The van der Waals surface area contributed by atoms with Gasteiger partial charge in [0.1, 0.15) is 0 Å². The number of halogens is 3. The third-order valence-corrected chi connectivity index (χ3v) is 3.83. The lowest BCUT2D eigenvalue weighted by Crippen LogP contribution is -2.31. The lowest BCUT2D eigenvalue weighted by molar-refractivity contribution is -0.137. The number of nitrogens with two attached hydrogens (primary N) is 1. The molecule has 3 N–H and O–H groups in total. The van der Waals surface area contributed by atoms with Crippen LogP contribution in [0.5, 0.6) is 0 Å². The van der Waals surface area contributed by atoms with Crippen molar-refractivity contribution >= 4 is 5.69 Å². The molecule has 1 aliphatic heterocycles. The third-order valence-electron chi connectivity index (χ3n) is 3.83. The lowest BCUT2D eigenvalue weighted by Gasteiger charge is -2.28. The van der Waals surface area contributed by atoms with E-state index in [0.717, 1.165) is 41.8 Å². The van der Waals surface area contributed by atoms with Crippen LogP contribution >= 0.6 is 0 Å². The van der Waals surface area contributed by atoms with E-state index in [-0.39, 0.29) is 6.04 Å². The van der Waals surface area contributed by atoms with Gasteiger partial charge < -0.3 is 11.1 Å². The van der Waals surface area contributed by atoms with Gasteiger partial charge in [-0.15, -0.1) is 0 Å². The molecule has 0 amide bonds. The van der Waals surface area contributed by atoms with Crippen molar-refractivity contribution in [1.82, 2.24) is 5.32 Å². The van der Waals surface area contributed by atoms with E-state index in [0.29, 0.717) is 5.69 Å². The van der Waals surface area contributed by atoms with Crippen molar-refractivity contribution in [2.45, 2.75) is 18.6 Å². The summed E-state index contributed by atoms with van der Waals surface area (Å²) in [5.74, 6) is 0. The van der Waals surface area contributed by atoms with Crippen LogP contribution in [0.1, 0.15) is 28.3 Å². The van der Waals surface area contributed by atoms with E-state index in [1.807, 2.05) is 18.2 Å². The van der Waals surface area contributed by atoms with Crippen molar-refractivity contribution in [1.29, 1.82) is 0 Å². The molecule has 0 spiro atoms. The average Bonchev–Trinajstić information content (AvgIpc) is 2.46. The molecule has 0 bridgehead atoms. The van der Waals surface area contributed by atoms with Crippen molar-refractivity contribution in [3.63, 3.8) is 0 Å². The van der Waals surface area contributed by atoms with E-state index >= 15 is 0 Å². The van der Waals surface area contributed by atoms with Crippen LogP contribution in [0.3, 0.4) is 0 Å². The monoisotopic (exact) mass is 292 g/mol. The Morgan fingerprint density at radius 2 is 1.76 bits per heavy atom. The predicted molar refractivity (Wildman–Crippen MR) is 75.8 cm³/mol. The molecule has 3 rings (SSSR count). The van der Waals surface area contributed by atoms with Crippen molar-refractivity contribution in [2.75, 3.05) is 12.3 Å². The molecular formula is C16H15F3N2. The third kappa shape index (κ3) is 2.61. The summed E-state index contributed by atoms with van der Waals surface area (Å²) in [7, 11) is 0. The van der Waals surface area contributed by atoms with Crippen LogP contribution in [-0.2, 0) is 12.6 Å². The van der Waals surface area contributed by atoms with Gasteiger partial charge in [-0.3, -0.25) is 0 Å². The molecule has 0 fully saturated rings. The Morgan fingerprint density at radius 1 is 1.05 bits per heavy atom. The van der Waals surface area contributed by atoms with E-state index in [4.69, 9.17) is 5.73 Å². The number of rotatable bonds is 1. The number of nitrogens with one attached hydrogen (secondary N) is 1. The summed E-state index contributed by atoms with van der Waals surface area (Å²) >= 11 is 0. The number of hydrogen-bond acceptors (Lipinski definition) is 2. The SMILES string of the molecule is Nc1cccc2c1C(c1ccc(C(F)(F)F)cc1)NCC2. The molecule has 0 radical (unpaired) electrons. The Balaban J connectivity index is 2.00. The molecule has 1 atom stereocenters. The van der Waals surface area contributed by atoms with Gasteiger partial charge in [-0.1, -0.05) is 24.3 Å². The maximum absolute atomic E-state index is 12.6. The van der Waals surface area contributed by atoms with Gasteiger partial charge in [-0.2, -0.15) is 13.2 Å². The lowest BCUT2D eigenvalue weighted by atomic mass is 9.88. The van der Waals surface area contributed by atoms with Crippen LogP contribution in [-0.4, -0.2) is 6.54 Å². The van der Waals surface area contributed by atoms with Crippen molar-refractivity contribution in [2.24, 2.45) is 0 Å². The van der Waals surface area contributed by atoms with Crippen LogP contribution in [0.25, 0.3) is 0 Å². The van der Waals surface area contributed by atoms with Crippen molar-refractivity contribution in [3.8, 4) is 0 Å². The summed E-state index contributed by atoms with van der Waals surface area (Å²) < 4.78 is 37.9. The molecule has 1 unspecified atom stereocenters. The normalized spacial score (nSPS) is 18.3. The number of nitrogen functional groups attached to an aromatic ring is 1. The highest BCUT2D eigenvalue weighted by molar-refractivity contribution is 5.56. The molecule has 5 heteroatoms. The molecule has 0 aliphatic carbocycles. The van der Waals surface area contributed by atoms with Crippen LogP contribution in [0.15, 0.2) is 42.5 Å². The molecule has 1 aliphatic rings. The van der Waals surface area contributed by atoms with Gasteiger partial charge in [-0.25, -0.2) is 0 Å². The Kier molecular flexibility index (Phi) is 3.37. The zero-order valence-corrected chi connectivity index (χ0v) is 11.2. The van der Waals surface area contributed by atoms with Crippen molar-refractivity contribution < 1.29 is 13.2 Å². The Morgan fingerprint density at radius 3 is 2.43 bits per heavy atom. The first-order valence-electron chi connectivity index (χ1n) is 6.74. The fourth-order valence-corrected chi connectivity index (χ4v) is 2.81. The number of fused-ring (bicyclic) bond motifs is 1. The van der Waals surface area contributed by atoms with Gasteiger partial charge in [0.25, 0.3) is 0 Å². The highest BCUT2D eigenvalue weighted by atomic mass is 19.4. The number of benzene rings is 2. The summed E-state index contributed by atoms with van der Waals surface area (Å²) in [5, 5.41) is 3.33. The van der Waals surface area contributed by atoms with Crippen LogP contribution < -0.4 is 11.1 Å². The maximum Gasteiger partial charge on any atom is 0.416 e. The summed E-state index contributed by atoms with van der Waals surface area (Å²) in [6.07, 6.45) is -3.44. The van der Waals surface area contributed by atoms with E-state index in [1.54, 1.807) is 0 Å². The minimum atomic E-state index is -4.31. The highest BCUT2D eigenvalue weighted by Crippen LogP contribution is 2.35. The van der Waals surface area contributed by atoms with Gasteiger partial charge in [0, 0.05) is 12.2 Å². The fraction of sp³-hybridized carbons (Fsp3) is 0.250. The Bertz CT molecular complexity index is 648.